The lowest BCUT2D eigenvalue weighted by Crippen LogP contribution is -2.13. The van der Waals surface area contributed by atoms with Crippen molar-refractivity contribution in [2.24, 2.45) is 0 Å². The Balaban J connectivity index is 1.61. The number of hydrogen-bond acceptors (Lipinski definition) is 7. The second-order valence-corrected chi connectivity index (χ2v) is 9.56. The van der Waals surface area contributed by atoms with Crippen molar-refractivity contribution in [3.8, 4) is 11.4 Å². The maximum atomic E-state index is 14.0. The van der Waals surface area contributed by atoms with Gasteiger partial charge < -0.3 is 9.26 Å². The maximum absolute atomic E-state index is 14.0. The number of ether oxygens (including phenoxy) is 1. The van der Waals surface area contributed by atoms with Crippen molar-refractivity contribution >= 4 is 11.8 Å². The fourth-order valence-corrected chi connectivity index (χ4v) is 3.84. The molecule has 0 saturated carbocycles. The average Bonchev–Trinajstić information content (AvgIpc) is 3.41. The van der Waals surface area contributed by atoms with Crippen LogP contribution in [0.25, 0.3) is 5.69 Å². The molecular formula is C23H24FN5O2S. The van der Waals surface area contributed by atoms with Gasteiger partial charge >= 0.3 is 0 Å². The Morgan fingerprint density at radius 1 is 1.06 bits per heavy atom. The third-order valence-corrected chi connectivity index (χ3v) is 5.68. The van der Waals surface area contributed by atoms with Gasteiger partial charge in [-0.1, -0.05) is 68.0 Å². The summed E-state index contributed by atoms with van der Waals surface area (Å²) in [4.78, 5) is 4.55. The van der Waals surface area contributed by atoms with Gasteiger partial charge in [0.15, 0.2) is 28.4 Å². The van der Waals surface area contributed by atoms with Gasteiger partial charge in [0.25, 0.3) is 0 Å². The van der Waals surface area contributed by atoms with E-state index in [0.29, 0.717) is 22.7 Å². The maximum Gasteiger partial charge on any atom is 0.239 e. The standard InChI is InChI=1S/C23H24FN5O2S/c1-15(20-25-21(28-31-20)23(2,3)4)32-22-27-26-19(29(22)16-10-6-5-7-11-16)14-30-18-13-9-8-12-17(18)24/h5-13,15H,14H2,1-4H3. The monoisotopic (exact) mass is 453 g/mol. The van der Waals surface area contributed by atoms with Crippen LogP contribution in [0.4, 0.5) is 4.39 Å². The van der Waals surface area contributed by atoms with Crippen LogP contribution in [0.1, 0.15) is 50.5 Å². The zero-order chi connectivity index (χ0) is 22.7. The van der Waals surface area contributed by atoms with Gasteiger partial charge in [-0.2, -0.15) is 4.98 Å². The molecule has 0 fully saturated rings. The molecule has 0 aliphatic rings. The lowest BCUT2D eigenvalue weighted by molar-refractivity contribution is 0.278. The zero-order valence-electron chi connectivity index (χ0n) is 18.3. The van der Waals surface area contributed by atoms with Crippen LogP contribution in [0.2, 0.25) is 0 Å². The Morgan fingerprint density at radius 3 is 2.47 bits per heavy atom. The van der Waals surface area contributed by atoms with E-state index in [2.05, 4.69) is 20.3 Å². The van der Waals surface area contributed by atoms with Gasteiger partial charge in [-0.3, -0.25) is 4.57 Å². The molecule has 2 aromatic heterocycles. The topological polar surface area (TPSA) is 78.9 Å². The number of nitrogens with zero attached hydrogens (tertiary/aromatic N) is 5. The highest BCUT2D eigenvalue weighted by Crippen LogP contribution is 2.35. The highest BCUT2D eigenvalue weighted by Gasteiger charge is 2.25. The van der Waals surface area contributed by atoms with E-state index in [-0.39, 0.29) is 23.0 Å². The molecular weight excluding hydrogens is 429 g/mol. The summed E-state index contributed by atoms with van der Waals surface area (Å²) in [5.41, 5.74) is 0.674. The summed E-state index contributed by atoms with van der Waals surface area (Å²) in [7, 11) is 0. The first kappa shape index (κ1) is 22.0. The minimum atomic E-state index is -0.424. The normalized spacial score (nSPS) is 12.7. The molecule has 4 aromatic rings. The Kier molecular flexibility index (Phi) is 6.27. The average molecular weight is 454 g/mol. The molecule has 0 aliphatic heterocycles. The second kappa shape index (κ2) is 9.12. The smallest absolute Gasteiger partial charge is 0.239 e. The lowest BCUT2D eigenvalue weighted by atomic mass is 9.96. The Morgan fingerprint density at radius 2 is 1.78 bits per heavy atom. The van der Waals surface area contributed by atoms with E-state index in [1.54, 1.807) is 18.2 Å². The van der Waals surface area contributed by atoms with Crippen LogP contribution in [-0.2, 0) is 12.0 Å². The first-order valence-corrected chi connectivity index (χ1v) is 11.1. The third-order valence-electron chi connectivity index (χ3n) is 4.65. The van der Waals surface area contributed by atoms with E-state index in [0.717, 1.165) is 5.69 Å². The molecule has 9 heteroatoms. The highest BCUT2D eigenvalue weighted by molar-refractivity contribution is 7.99. The van der Waals surface area contributed by atoms with Crippen molar-refractivity contribution in [1.29, 1.82) is 0 Å². The van der Waals surface area contributed by atoms with Gasteiger partial charge in [0.1, 0.15) is 6.61 Å². The van der Waals surface area contributed by atoms with Crippen molar-refractivity contribution in [1.82, 2.24) is 24.9 Å². The zero-order valence-corrected chi connectivity index (χ0v) is 19.1. The van der Waals surface area contributed by atoms with Crippen molar-refractivity contribution in [3.63, 3.8) is 0 Å². The van der Waals surface area contributed by atoms with Gasteiger partial charge in [-0.25, -0.2) is 4.39 Å². The quantitative estimate of drug-likeness (QED) is 0.341. The molecule has 4 rings (SSSR count). The van der Waals surface area contributed by atoms with Crippen molar-refractivity contribution in [2.75, 3.05) is 0 Å². The largest absolute Gasteiger partial charge is 0.483 e. The molecule has 0 aliphatic carbocycles. The Labute approximate surface area is 190 Å². The second-order valence-electron chi connectivity index (χ2n) is 8.26. The predicted molar refractivity (Wildman–Crippen MR) is 119 cm³/mol. The van der Waals surface area contributed by atoms with Gasteiger partial charge in [-0.05, 0) is 31.2 Å². The van der Waals surface area contributed by atoms with Gasteiger partial charge in [0, 0.05) is 11.1 Å². The molecule has 166 valence electrons. The van der Waals surface area contributed by atoms with E-state index >= 15 is 0 Å². The lowest BCUT2D eigenvalue weighted by Gasteiger charge is -2.13. The predicted octanol–water partition coefficient (Wildman–Crippen LogP) is 5.52. The first-order valence-electron chi connectivity index (χ1n) is 10.2. The van der Waals surface area contributed by atoms with Crippen LogP contribution in [0.5, 0.6) is 5.75 Å². The van der Waals surface area contributed by atoms with Gasteiger partial charge in [0.2, 0.25) is 5.89 Å². The minimum Gasteiger partial charge on any atom is -0.483 e. The van der Waals surface area contributed by atoms with Crippen LogP contribution >= 0.6 is 11.8 Å². The number of halogens is 1. The molecule has 0 amide bonds. The summed E-state index contributed by atoms with van der Waals surface area (Å²) in [6.07, 6.45) is 0. The molecule has 0 spiro atoms. The van der Waals surface area contributed by atoms with E-state index in [9.17, 15) is 4.39 Å². The number of para-hydroxylation sites is 2. The molecule has 0 saturated heterocycles. The summed E-state index contributed by atoms with van der Waals surface area (Å²) in [5, 5.41) is 13.3. The molecule has 32 heavy (non-hydrogen) atoms. The molecule has 2 aromatic carbocycles. The van der Waals surface area contributed by atoms with Gasteiger partial charge in [0.05, 0.1) is 5.25 Å². The highest BCUT2D eigenvalue weighted by atomic mass is 32.2. The summed E-state index contributed by atoms with van der Waals surface area (Å²) in [6.45, 7) is 8.14. The molecule has 0 radical (unpaired) electrons. The molecule has 1 atom stereocenters. The molecule has 0 bridgehead atoms. The number of aromatic nitrogens is 5. The van der Waals surface area contributed by atoms with Crippen LogP contribution in [0.15, 0.2) is 64.3 Å². The molecule has 2 heterocycles. The molecule has 0 N–H and O–H groups in total. The number of benzene rings is 2. The van der Waals surface area contributed by atoms with Crippen LogP contribution in [0, 0.1) is 5.82 Å². The van der Waals surface area contributed by atoms with Crippen molar-refractivity contribution in [2.45, 2.75) is 50.1 Å². The number of hydrogen-bond donors (Lipinski definition) is 0. The van der Waals surface area contributed by atoms with Crippen LogP contribution < -0.4 is 4.74 Å². The minimum absolute atomic E-state index is 0.0620. The fourth-order valence-electron chi connectivity index (χ4n) is 2.92. The van der Waals surface area contributed by atoms with Crippen molar-refractivity contribution in [3.05, 3.63) is 78.0 Å². The SMILES string of the molecule is CC(Sc1nnc(COc2ccccc2F)n1-c1ccccc1)c1nc(C(C)(C)C)no1. The third kappa shape index (κ3) is 4.83. The summed E-state index contributed by atoms with van der Waals surface area (Å²) < 4.78 is 27.0. The summed E-state index contributed by atoms with van der Waals surface area (Å²) in [5.74, 6) is 1.47. The van der Waals surface area contributed by atoms with E-state index in [1.165, 1.54) is 17.8 Å². The Hall–Kier alpha value is -3.20. The van der Waals surface area contributed by atoms with E-state index in [1.807, 2.05) is 62.6 Å². The van der Waals surface area contributed by atoms with E-state index < -0.39 is 5.82 Å². The summed E-state index contributed by atoms with van der Waals surface area (Å²) >= 11 is 1.45. The van der Waals surface area contributed by atoms with Crippen molar-refractivity contribution < 1.29 is 13.7 Å². The van der Waals surface area contributed by atoms with Crippen LogP contribution in [-0.4, -0.2) is 24.9 Å². The fraction of sp³-hybridized carbons (Fsp3) is 0.304. The van der Waals surface area contributed by atoms with Crippen LogP contribution in [0.3, 0.4) is 0 Å². The Bertz CT molecular complexity index is 1190. The van der Waals surface area contributed by atoms with Gasteiger partial charge in [-0.15, -0.1) is 10.2 Å². The molecule has 7 nitrogen and oxygen atoms in total. The van der Waals surface area contributed by atoms with E-state index in [4.69, 9.17) is 9.26 Å². The number of rotatable bonds is 7. The molecule has 1 unspecified atom stereocenters. The first-order chi connectivity index (χ1) is 15.3. The number of thioether (sulfide) groups is 1. The summed E-state index contributed by atoms with van der Waals surface area (Å²) in [6, 6.07) is 16.0.